The van der Waals surface area contributed by atoms with Gasteiger partial charge in [0, 0.05) is 22.5 Å². The summed E-state index contributed by atoms with van der Waals surface area (Å²) in [5, 5.41) is 12.2. The first-order valence-corrected chi connectivity index (χ1v) is 11.0. The SMILES string of the molecule is CS(=O)(=O)c1cc(Cl)cc(NC(=O)c2cc(-c3ccccc3)c(C(=O)O)s2)c1. The van der Waals surface area contributed by atoms with Gasteiger partial charge < -0.3 is 10.4 Å². The lowest BCUT2D eigenvalue weighted by molar-refractivity contribution is 0.0702. The maximum atomic E-state index is 12.6. The van der Waals surface area contributed by atoms with Gasteiger partial charge in [-0.3, -0.25) is 4.79 Å². The van der Waals surface area contributed by atoms with E-state index >= 15 is 0 Å². The number of rotatable bonds is 5. The van der Waals surface area contributed by atoms with E-state index in [1.54, 1.807) is 24.3 Å². The molecule has 2 aromatic carbocycles. The number of halogens is 1. The molecule has 9 heteroatoms. The van der Waals surface area contributed by atoms with Crippen LogP contribution in [-0.2, 0) is 9.84 Å². The molecule has 0 spiro atoms. The lowest BCUT2D eigenvalue weighted by Gasteiger charge is -2.07. The minimum atomic E-state index is -3.51. The first kappa shape index (κ1) is 20.1. The second kappa shape index (κ2) is 7.75. The molecule has 6 nitrogen and oxygen atoms in total. The number of anilines is 1. The van der Waals surface area contributed by atoms with Crippen molar-refractivity contribution in [1.29, 1.82) is 0 Å². The largest absolute Gasteiger partial charge is 0.477 e. The Hall–Kier alpha value is -2.68. The number of hydrogen-bond acceptors (Lipinski definition) is 5. The van der Waals surface area contributed by atoms with Gasteiger partial charge in [0.2, 0.25) is 0 Å². The Morgan fingerprint density at radius 3 is 2.36 bits per heavy atom. The lowest BCUT2D eigenvalue weighted by atomic mass is 10.1. The maximum absolute atomic E-state index is 12.6. The van der Waals surface area contributed by atoms with Crippen molar-refractivity contribution >= 4 is 50.3 Å². The Morgan fingerprint density at radius 2 is 1.75 bits per heavy atom. The standard InChI is InChI=1S/C19H14ClNO5S2/c1-28(25,26)14-8-12(20)7-13(9-14)21-18(22)16-10-15(17(27-16)19(23)24)11-5-3-2-4-6-11/h2-10H,1H3,(H,21,22)(H,23,24). The third kappa shape index (κ3) is 4.41. The predicted octanol–water partition coefficient (Wildman–Crippen LogP) is 4.42. The van der Waals surface area contributed by atoms with Gasteiger partial charge in [-0.1, -0.05) is 41.9 Å². The van der Waals surface area contributed by atoms with Crippen molar-refractivity contribution in [2.24, 2.45) is 0 Å². The van der Waals surface area contributed by atoms with E-state index < -0.39 is 21.7 Å². The van der Waals surface area contributed by atoms with Crippen LogP contribution >= 0.6 is 22.9 Å². The van der Waals surface area contributed by atoms with Gasteiger partial charge in [-0.25, -0.2) is 13.2 Å². The average Bonchev–Trinajstić information content (AvgIpc) is 3.07. The van der Waals surface area contributed by atoms with E-state index in [2.05, 4.69) is 5.32 Å². The van der Waals surface area contributed by atoms with Gasteiger partial charge in [-0.2, -0.15) is 0 Å². The molecule has 1 amide bonds. The number of sulfone groups is 1. The van der Waals surface area contributed by atoms with Crippen molar-refractivity contribution in [3.8, 4) is 11.1 Å². The van der Waals surface area contributed by atoms with E-state index in [1.807, 2.05) is 6.07 Å². The number of carbonyl (C=O) groups is 2. The molecule has 3 rings (SSSR count). The van der Waals surface area contributed by atoms with Gasteiger partial charge in [-0.15, -0.1) is 11.3 Å². The smallest absolute Gasteiger partial charge is 0.346 e. The second-order valence-corrected chi connectivity index (χ2v) is 9.43. The van der Waals surface area contributed by atoms with E-state index in [4.69, 9.17) is 11.6 Å². The van der Waals surface area contributed by atoms with Crippen LogP contribution in [0.1, 0.15) is 19.3 Å². The zero-order chi connectivity index (χ0) is 20.5. The number of amides is 1. The highest BCUT2D eigenvalue weighted by atomic mass is 35.5. The van der Waals surface area contributed by atoms with E-state index in [0.29, 0.717) is 11.1 Å². The van der Waals surface area contributed by atoms with E-state index in [-0.39, 0.29) is 25.4 Å². The highest BCUT2D eigenvalue weighted by Gasteiger charge is 2.21. The van der Waals surface area contributed by atoms with Crippen molar-refractivity contribution in [1.82, 2.24) is 0 Å². The molecule has 0 aliphatic carbocycles. The molecule has 0 bridgehead atoms. The van der Waals surface area contributed by atoms with Crippen molar-refractivity contribution in [3.63, 3.8) is 0 Å². The van der Waals surface area contributed by atoms with Crippen LogP contribution in [0, 0.1) is 0 Å². The summed E-state index contributed by atoms with van der Waals surface area (Å²) in [7, 11) is -3.51. The molecule has 3 aromatic rings. The Kier molecular flexibility index (Phi) is 5.55. The Labute approximate surface area is 170 Å². The molecule has 0 aliphatic heterocycles. The summed E-state index contributed by atoms with van der Waals surface area (Å²) < 4.78 is 23.5. The van der Waals surface area contributed by atoms with Crippen molar-refractivity contribution < 1.29 is 23.1 Å². The second-order valence-electron chi connectivity index (χ2n) is 5.93. The molecule has 0 aliphatic rings. The number of thiophene rings is 1. The molecule has 0 unspecified atom stereocenters. The summed E-state index contributed by atoms with van der Waals surface area (Å²) in [4.78, 5) is 24.4. The zero-order valence-electron chi connectivity index (χ0n) is 14.5. The molecule has 0 saturated heterocycles. The molecule has 2 N–H and O–H groups in total. The molecule has 1 heterocycles. The summed E-state index contributed by atoms with van der Waals surface area (Å²) in [5.41, 5.74) is 1.31. The van der Waals surface area contributed by atoms with Crippen LogP contribution in [0.25, 0.3) is 11.1 Å². The van der Waals surface area contributed by atoms with Crippen LogP contribution in [0.4, 0.5) is 5.69 Å². The maximum Gasteiger partial charge on any atom is 0.346 e. The quantitative estimate of drug-likeness (QED) is 0.617. The number of carbonyl (C=O) groups excluding carboxylic acids is 1. The minimum absolute atomic E-state index is 0.0299. The van der Waals surface area contributed by atoms with Gasteiger partial charge in [-0.05, 0) is 29.8 Å². The molecular formula is C19H14ClNO5S2. The van der Waals surface area contributed by atoms with E-state index in [9.17, 15) is 23.1 Å². The number of hydrogen-bond donors (Lipinski definition) is 2. The summed E-state index contributed by atoms with van der Waals surface area (Å²) in [6, 6.07) is 14.4. The van der Waals surface area contributed by atoms with E-state index in [1.165, 1.54) is 24.3 Å². The molecule has 0 saturated carbocycles. The number of carboxylic acids is 1. The van der Waals surface area contributed by atoms with Crippen molar-refractivity contribution in [2.75, 3.05) is 11.6 Å². The summed E-state index contributed by atoms with van der Waals surface area (Å²) >= 11 is 6.79. The molecular weight excluding hydrogens is 422 g/mol. The van der Waals surface area contributed by atoms with Crippen LogP contribution in [0.3, 0.4) is 0 Å². The number of benzene rings is 2. The fourth-order valence-corrected chi connectivity index (χ4v) is 4.43. The molecule has 144 valence electrons. The predicted molar refractivity (Wildman–Crippen MR) is 109 cm³/mol. The molecule has 1 aromatic heterocycles. The average molecular weight is 436 g/mol. The Morgan fingerprint density at radius 1 is 1.07 bits per heavy atom. The third-order valence-corrected chi connectivity index (χ3v) is 6.22. The highest BCUT2D eigenvalue weighted by Crippen LogP contribution is 2.32. The Bertz CT molecular complexity index is 1170. The van der Waals surface area contributed by atoms with E-state index in [0.717, 1.165) is 17.6 Å². The van der Waals surface area contributed by atoms with Crippen molar-refractivity contribution in [3.05, 3.63) is 69.4 Å². The fraction of sp³-hybridized carbons (Fsp3) is 0.0526. The van der Waals surface area contributed by atoms with Gasteiger partial charge in [0.1, 0.15) is 4.88 Å². The van der Waals surface area contributed by atoms with Crippen LogP contribution in [0.2, 0.25) is 5.02 Å². The van der Waals surface area contributed by atoms with Crippen molar-refractivity contribution in [2.45, 2.75) is 4.90 Å². The molecule has 28 heavy (non-hydrogen) atoms. The van der Waals surface area contributed by atoms with Crippen LogP contribution in [0.15, 0.2) is 59.5 Å². The summed E-state index contributed by atoms with van der Waals surface area (Å²) in [6.07, 6.45) is 1.04. The van der Waals surface area contributed by atoms with Crippen LogP contribution < -0.4 is 5.32 Å². The topological polar surface area (TPSA) is 101 Å². The zero-order valence-corrected chi connectivity index (χ0v) is 16.9. The monoisotopic (exact) mass is 435 g/mol. The molecule has 0 atom stereocenters. The lowest BCUT2D eigenvalue weighted by Crippen LogP contribution is -2.11. The highest BCUT2D eigenvalue weighted by molar-refractivity contribution is 7.90. The van der Waals surface area contributed by atoms with Gasteiger partial charge in [0.25, 0.3) is 5.91 Å². The fourth-order valence-electron chi connectivity index (χ4n) is 2.54. The van der Waals surface area contributed by atoms with Crippen LogP contribution in [0.5, 0.6) is 0 Å². The first-order valence-electron chi connectivity index (χ1n) is 7.89. The number of nitrogens with one attached hydrogen (secondary N) is 1. The summed E-state index contributed by atoms with van der Waals surface area (Å²) in [6.45, 7) is 0. The first-order chi connectivity index (χ1) is 13.1. The van der Waals surface area contributed by atoms with Gasteiger partial charge >= 0.3 is 5.97 Å². The number of aromatic carboxylic acids is 1. The summed E-state index contributed by atoms with van der Waals surface area (Å²) in [5.74, 6) is -1.69. The van der Waals surface area contributed by atoms with Gasteiger partial charge in [0.05, 0.1) is 9.77 Å². The normalized spacial score (nSPS) is 11.2. The molecule has 0 fully saturated rings. The van der Waals surface area contributed by atoms with Gasteiger partial charge in [0.15, 0.2) is 9.84 Å². The number of carboxylic acid groups (broad SMARTS) is 1. The van der Waals surface area contributed by atoms with Crippen LogP contribution in [-0.4, -0.2) is 31.7 Å². The Balaban J connectivity index is 1.96. The third-order valence-electron chi connectivity index (χ3n) is 3.79. The minimum Gasteiger partial charge on any atom is -0.477 e. The molecule has 0 radical (unpaired) electrons.